The Morgan fingerprint density at radius 3 is 1.68 bits per heavy atom. The first-order valence-corrected chi connectivity index (χ1v) is 4.92. The summed E-state index contributed by atoms with van der Waals surface area (Å²) in [5.74, 6) is -27.5. The molecule has 0 bridgehead atoms. The second kappa shape index (κ2) is 5.12. The molecule has 19 heavy (non-hydrogen) atoms. The topological polar surface area (TPSA) is 26.3 Å². The van der Waals surface area contributed by atoms with Crippen molar-refractivity contribution in [1.82, 2.24) is 0 Å². The molecule has 0 atom stereocenters. The Bertz CT molecular complexity index is 334. The number of halogens is 8. The fraction of sp³-hybridized carbons (Fsp3) is 0.889. The molecule has 0 saturated heterocycles. The molecule has 0 unspecified atom stereocenters. The number of carbonyl (C=O) groups excluding carboxylic acids is 1. The Labute approximate surface area is 102 Å². The maximum atomic E-state index is 12.9. The Hall–Kier alpha value is -1.09. The summed E-state index contributed by atoms with van der Waals surface area (Å²) in [4.78, 5) is 10.6. The minimum Gasteiger partial charge on any atom is -0.461 e. The summed E-state index contributed by atoms with van der Waals surface area (Å²) >= 11 is 0. The molecule has 0 aromatic heterocycles. The van der Waals surface area contributed by atoms with E-state index in [-0.39, 0.29) is 6.42 Å². The first kappa shape index (κ1) is 17.9. The van der Waals surface area contributed by atoms with E-state index in [2.05, 4.69) is 4.74 Å². The zero-order chi connectivity index (χ0) is 15.7. The number of ether oxygens (including phenoxy) is 1. The van der Waals surface area contributed by atoms with Crippen molar-refractivity contribution in [3.05, 3.63) is 0 Å². The standard InChI is InChI=1S/C9H10F8O2/c1-3-4-19-5(18)7(12,13)9(16,17)8(14,15)6(2,10)11/h3-4H2,1-2H3. The Kier molecular flexibility index (Phi) is 4.83. The molecule has 0 radical (unpaired) electrons. The van der Waals surface area contributed by atoms with Gasteiger partial charge in [0.25, 0.3) is 0 Å². The monoisotopic (exact) mass is 302 g/mol. The molecule has 0 spiro atoms. The number of alkyl halides is 8. The van der Waals surface area contributed by atoms with Gasteiger partial charge in [-0.1, -0.05) is 6.92 Å². The van der Waals surface area contributed by atoms with Gasteiger partial charge in [0.15, 0.2) is 0 Å². The fourth-order valence-electron chi connectivity index (χ4n) is 0.886. The van der Waals surface area contributed by atoms with E-state index < -0.39 is 43.2 Å². The lowest BCUT2D eigenvalue weighted by molar-refractivity contribution is -0.356. The van der Waals surface area contributed by atoms with Gasteiger partial charge in [-0.3, -0.25) is 0 Å². The fourth-order valence-corrected chi connectivity index (χ4v) is 0.886. The molecule has 0 fully saturated rings. The van der Waals surface area contributed by atoms with E-state index in [4.69, 9.17) is 0 Å². The minimum absolute atomic E-state index is 0.0479. The molecular weight excluding hydrogens is 292 g/mol. The van der Waals surface area contributed by atoms with E-state index in [1.165, 1.54) is 6.92 Å². The van der Waals surface area contributed by atoms with Gasteiger partial charge >= 0.3 is 29.7 Å². The van der Waals surface area contributed by atoms with Crippen LogP contribution in [0.25, 0.3) is 0 Å². The lowest BCUT2D eigenvalue weighted by Crippen LogP contribution is -2.64. The maximum absolute atomic E-state index is 12.9. The van der Waals surface area contributed by atoms with Crippen LogP contribution in [0.5, 0.6) is 0 Å². The van der Waals surface area contributed by atoms with Crippen LogP contribution in [0.15, 0.2) is 0 Å². The summed E-state index contributed by atoms with van der Waals surface area (Å²) in [7, 11) is 0. The SMILES string of the molecule is CCCOC(=O)C(F)(F)C(F)(F)C(F)(F)C(C)(F)F. The van der Waals surface area contributed by atoms with Crippen LogP contribution in [-0.2, 0) is 9.53 Å². The number of hydrogen-bond acceptors (Lipinski definition) is 2. The van der Waals surface area contributed by atoms with Crippen LogP contribution in [0, 0.1) is 0 Å². The van der Waals surface area contributed by atoms with Crippen LogP contribution in [0.4, 0.5) is 35.1 Å². The second-order valence-electron chi connectivity index (χ2n) is 3.75. The zero-order valence-corrected chi connectivity index (χ0v) is 9.75. The highest BCUT2D eigenvalue weighted by Crippen LogP contribution is 2.52. The molecule has 114 valence electrons. The molecule has 0 heterocycles. The van der Waals surface area contributed by atoms with Crippen LogP contribution in [0.1, 0.15) is 20.3 Å². The van der Waals surface area contributed by atoms with Crippen LogP contribution in [0.2, 0.25) is 0 Å². The predicted octanol–water partition coefficient (Wildman–Crippen LogP) is 3.50. The molecule has 10 heteroatoms. The van der Waals surface area contributed by atoms with Gasteiger partial charge in [-0.2, -0.15) is 35.1 Å². The molecule has 2 nitrogen and oxygen atoms in total. The van der Waals surface area contributed by atoms with E-state index in [1.54, 1.807) is 0 Å². The molecule has 0 N–H and O–H groups in total. The quantitative estimate of drug-likeness (QED) is 0.554. The van der Waals surface area contributed by atoms with Crippen molar-refractivity contribution in [3.63, 3.8) is 0 Å². The smallest absolute Gasteiger partial charge is 0.410 e. The van der Waals surface area contributed by atoms with Gasteiger partial charge in [-0.15, -0.1) is 0 Å². The molecule has 0 aliphatic rings. The molecule has 0 amide bonds. The highest BCUT2D eigenvalue weighted by molar-refractivity contribution is 5.79. The van der Waals surface area contributed by atoms with E-state index >= 15 is 0 Å². The summed E-state index contributed by atoms with van der Waals surface area (Å²) in [6, 6.07) is 0. The maximum Gasteiger partial charge on any atom is 0.410 e. The van der Waals surface area contributed by atoms with Crippen molar-refractivity contribution >= 4 is 5.97 Å². The van der Waals surface area contributed by atoms with E-state index in [0.717, 1.165) is 0 Å². The average molecular weight is 302 g/mol. The van der Waals surface area contributed by atoms with Crippen LogP contribution < -0.4 is 0 Å². The number of carbonyl (C=O) groups is 1. The van der Waals surface area contributed by atoms with Gasteiger partial charge in [0, 0.05) is 6.92 Å². The molecule has 0 aliphatic carbocycles. The van der Waals surface area contributed by atoms with Gasteiger partial charge in [-0.25, -0.2) is 4.79 Å². The molecular formula is C9H10F8O2. The summed E-state index contributed by atoms with van der Waals surface area (Å²) in [5.41, 5.74) is 0. The van der Waals surface area contributed by atoms with Gasteiger partial charge in [0.2, 0.25) is 0 Å². The third-order valence-corrected chi connectivity index (χ3v) is 2.03. The molecule has 0 aromatic rings. The van der Waals surface area contributed by atoms with Crippen molar-refractivity contribution in [1.29, 1.82) is 0 Å². The van der Waals surface area contributed by atoms with Gasteiger partial charge in [-0.05, 0) is 6.42 Å². The van der Waals surface area contributed by atoms with Crippen molar-refractivity contribution in [3.8, 4) is 0 Å². The Morgan fingerprint density at radius 2 is 1.37 bits per heavy atom. The first-order valence-electron chi connectivity index (χ1n) is 4.92. The molecule has 0 saturated carbocycles. The van der Waals surface area contributed by atoms with Crippen molar-refractivity contribution in [2.24, 2.45) is 0 Å². The van der Waals surface area contributed by atoms with Crippen molar-refractivity contribution in [2.75, 3.05) is 6.61 Å². The minimum atomic E-state index is -6.59. The van der Waals surface area contributed by atoms with E-state index in [0.29, 0.717) is 0 Å². The summed E-state index contributed by atoms with van der Waals surface area (Å²) < 4.78 is 105. The highest BCUT2D eigenvalue weighted by Gasteiger charge is 2.82. The number of hydrogen-bond donors (Lipinski definition) is 0. The number of rotatable bonds is 6. The summed E-state index contributed by atoms with van der Waals surface area (Å²) in [5, 5.41) is 0. The lowest BCUT2D eigenvalue weighted by Gasteiger charge is -2.34. The van der Waals surface area contributed by atoms with Crippen LogP contribution in [0.3, 0.4) is 0 Å². The van der Waals surface area contributed by atoms with Gasteiger partial charge in [0.05, 0.1) is 6.61 Å². The Balaban J connectivity index is 5.45. The normalized spacial score (nSPS) is 14.4. The van der Waals surface area contributed by atoms with Crippen molar-refractivity contribution < 1.29 is 44.7 Å². The van der Waals surface area contributed by atoms with E-state index in [9.17, 15) is 39.9 Å². The summed E-state index contributed by atoms with van der Waals surface area (Å²) in [6.07, 6.45) is -0.0479. The van der Waals surface area contributed by atoms with Crippen molar-refractivity contribution in [2.45, 2.75) is 44.0 Å². The third-order valence-electron chi connectivity index (χ3n) is 2.03. The molecule has 0 aromatic carbocycles. The van der Waals surface area contributed by atoms with E-state index in [1.807, 2.05) is 0 Å². The lowest BCUT2D eigenvalue weighted by atomic mass is 10.00. The highest BCUT2D eigenvalue weighted by atomic mass is 19.4. The molecule has 0 rings (SSSR count). The Morgan fingerprint density at radius 1 is 0.947 bits per heavy atom. The van der Waals surface area contributed by atoms with Gasteiger partial charge < -0.3 is 4.74 Å². The van der Waals surface area contributed by atoms with Crippen LogP contribution in [-0.4, -0.2) is 36.3 Å². The first-order chi connectivity index (χ1) is 8.23. The number of esters is 1. The summed E-state index contributed by atoms with van der Waals surface area (Å²) in [6.45, 7) is -0.0781. The molecule has 0 aliphatic heterocycles. The zero-order valence-electron chi connectivity index (χ0n) is 9.75. The largest absolute Gasteiger partial charge is 0.461 e. The second-order valence-corrected chi connectivity index (χ2v) is 3.75. The average Bonchev–Trinajstić information content (AvgIpc) is 2.23. The predicted molar refractivity (Wildman–Crippen MR) is 46.7 cm³/mol. The van der Waals surface area contributed by atoms with Gasteiger partial charge in [0.1, 0.15) is 0 Å². The third kappa shape index (κ3) is 2.92. The van der Waals surface area contributed by atoms with Crippen LogP contribution >= 0.6 is 0 Å².